The minimum atomic E-state index is -0.428. The Balaban J connectivity index is 3.59. The molecule has 68 valence electrons. The van der Waals surface area contributed by atoms with Crippen LogP contribution >= 0.6 is 0 Å². The van der Waals surface area contributed by atoms with Crippen LogP contribution in [0.2, 0.25) is 0 Å². The van der Waals surface area contributed by atoms with Gasteiger partial charge in [-0.05, 0) is 19.4 Å². The van der Waals surface area contributed by atoms with Crippen molar-refractivity contribution in [1.82, 2.24) is 5.32 Å². The van der Waals surface area contributed by atoms with E-state index in [0.29, 0.717) is 0 Å². The zero-order chi connectivity index (χ0) is 9.40. The number of hydrogen-bond donors (Lipinski definition) is 1. The van der Waals surface area contributed by atoms with Gasteiger partial charge >= 0.3 is 6.09 Å². The Bertz CT molecular complexity index is 175. The first-order valence-corrected chi connectivity index (χ1v) is 3.95. The number of carbonyl (C=O) groups is 1. The van der Waals surface area contributed by atoms with E-state index in [1.165, 1.54) is 6.20 Å². The SMILES string of the molecule is C=C/C=C/NC(=O)OC(C)CC. The van der Waals surface area contributed by atoms with Gasteiger partial charge in [0.25, 0.3) is 0 Å². The van der Waals surface area contributed by atoms with Crippen molar-refractivity contribution >= 4 is 6.09 Å². The average Bonchev–Trinajstić information content (AvgIpc) is 2.05. The molecule has 0 radical (unpaired) electrons. The molecule has 0 saturated heterocycles. The Labute approximate surface area is 73.1 Å². The van der Waals surface area contributed by atoms with Gasteiger partial charge in [0.05, 0.1) is 0 Å². The number of alkyl carbamates (subject to hydrolysis) is 1. The molecule has 0 fully saturated rings. The molecule has 3 nitrogen and oxygen atoms in total. The van der Waals surface area contributed by atoms with E-state index < -0.39 is 6.09 Å². The molecule has 0 spiro atoms. The summed E-state index contributed by atoms with van der Waals surface area (Å²) in [5.41, 5.74) is 0. The quantitative estimate of drug-likeness (QED) is 0.655. The molecule has 0 aromatic carbocycles. The van der Waals surface area contributed by atoms with Gasteiger partial charge in [0, 0.05) is 6.20 Å². The van der Waals surface area contributed by atoms with E-state index in [9.17, 15) is 4.79 Å². The summed E-state index contributed by atoms with van der Waals surface area (Å²) in [5.74, 6) is 0. The summed E-state index contributed by atoms with van der Waals surface area (Å²) in [6, 6.07) is 0. The molecule has 0 bridgehead atoms. The maximum atomic E-state index is 10.9. The summed E-state index contributed by atoms with van der Waals surface area (Å²) < 4.78 is 4.91. The molecule has 0 aromatic heterocycles. The van der Waals surface area contributed by atoms with Crippen LogP contribution < -0.4 is 5.32 Å². The highest BCUT2D eigenvalue weighted by molar-refractivity contribution is 5.68. The minimum Gasteiger partial charge on any atom is -0.446 e. The summed E-state index contributed by atoms with van der Waals surface area (Å²) >= 11 is 0. The largest absolute Gasteiger partial charge is 0.446 e. The second kappa shape index (κ2) is 6.46. The fourth-order valence-corrected chi connectivity index (χ4v) is 0.484. The van der Waals surface area contributed by atoms with Crippen molar-refractivity contribution in [2.24, 2.45) is 0 Å². The zero-order valence-corrected chi connectivity index (χ0v) is 7.54. The maximum Gasteiger partial charge on any atom is 0.411 e. The third kappa shape index (κ3) is 5.53. The van der Waals surface area contributed by atoms with Crippen LogP contribution in [0.5, 0.6) is 0 Å². The van der Waals surface area contributed by atoms with E-state index in [1.807, 2.05) is 13.8 Å². The van der Waals surface area contributed by atoms with Gasteiger partial charge < -0.3 is 4.74 Å². The Hall–Kier alpha value is -1.25. The van der Waals surface area contributed by atoms with Crippen LogP contribution in [0.1, 0.15) is 20.3 Å². The lowest BCUT2D eigenvalue weighted by molar-refractivity contribution is 0.108. The Kier molecular flexibility index (Phi) is 5.79. The van der Waals surface area contributed by atoms with E-state index in [0.717, 1.165) is 6.42 Å². The summed E-state index contributed by atoms with van der Waals surface area (Å²) in [4.78, 5) is 10.9. The van der Waals surface area contributed by atoms with E-state index in [1.54, 1.807) is 12.2 Å². The number of rotatable bonds is 4. The Morgan fingerprint density at radius 2 is 2.42 bits per heavy atom. The van der Waals surface area contributed by atoms with Gasteiger partial charge in [-0.2, -0.15) is 0 Å². The van der Waals surface area contributed by atoms with Crippen LogP contribution in [0.15, 0.2) is 24.9 Å². The molecule has 12 heavy (non-hydrogen) atoms. The molecule has 0 aliphatic carbocycles. The summed E-state index contributed by atoms with van der Waals surface area (Å²) in [6.07, 6.45) is 5.03. The lowest BCUT2D eigenvalue weighted by Crippen LogP contribution is -2.23. The van der Waals surface area contributed by atoms with Crippen LogP contribution in [0.25, 0.3) is 0 Å². The standard InChI is InChI=1S/C9H15NO2/c1-4-6-7-10-9(11)12-8(3)5-2/h4,6-8H,1,5H2,2-3H3,(H,10,11)/b7-6+. The normalized spacial score (nSPS) is 12.5. The van der Waals surface area contributed by atoms with Crippen LogP contribution in [0.4, 0.5) is 4.79 Å². The predicted molar refractivity (Wildman–Crippen MR) is 48.7 cm³/mol. The highest BCUT2D eigenvalue weighted by Crippen LogP contribution is 1.95. The number of carbonyl (C=O) groups excluding carboxylic acids is 1. The number of ether oxygens (including phenoxy) is 1. The van der Waals surface area contributed by atoms with Gasteiger partial charge in [0.2, 0.25) is 0 Å². The molecule has 0 aliphatic rings. The highest BCUT2D eigenvalue weighted by Gasteiger charge is 2.03. The zero-order valence-electron chi connectivity index (χ0n) is 7.54. The Morgan fingerprint density at radius 1 is 1.75 bits per heavy atom. The number of nitrogens with one attached hydrogen (secondary N) is 1. The summed E-state index contributed by atoms with van der Waals surface area (Å²) in [7, 11) is 0. The third-order valence-corrected chi connectivity index (χ3v) is 1.32. The van der Waals surface area contributed by atoms with Crippen molar-refractivity contribution < 1.29 is 9.53 Å². The van der Waals surface area contributed by atoms with Gasteiger partial charge in [-0.3, -0.25) is 5.32 Å². The van der Waals surface area contributed by atoms with Crippen molar-refractivity contribution in [3.8, 4) is 0 Å². The molecule has 1 unspecified atom stereocenters. The summed E-state index contributed by atoms with van der Waals surface area (Å²) in [5, 5.41) is 2.44. The molecule has 1 atom stereocenters. The van der Waals surface area contributed by atoms with Gasteiger partial charge in [0.1, 0.15) is 6.10 Å². The molecule has 0 aromatic rings. The number of hydrogen-bond acceptors (Lipinski definition) is 2. The monoisotopic (exact) mass is 169 g/mol. The van der Waals surface area contributed by atoms with Crippen molar-refractivity contribution in [1.29, 1.82) is 0 Å². The van der Waals surface area contributed by atoms with Gasteiger partial charge in [0.15, 0.2) is 0 Å². The van der Waals surface area contributed by atoms with Crippen molar-refractivity contribution in [3.05, 3.63) is 24.9 Å². The smallest absolute Gasteiger partial charge is 0.411 e. The molecule has 0 rings (SSSR count). The third-order valence-electron chi connectivity index (χ3n) is 1.32. The van der Waals surface area contributed by atoms with E-state index in [4.69, 9.17) is 4.74 Å². The molecule has 1 amide bonds. The van der Waals surface area contributed by atoms with Crippen LogP contribution in [0.3, 0.4) is 0 Å². The van der Waals surface area contributed by atoms with Gasteiger partial charge in [-0.1, -0.05) is 19.6 Å². The predicted octanol–water partition coefficient (Wildman–Crippen LogP) is 2.21. The molecule has 3 heteroatoms. The van der Waals surface area contributed by atoms with E-state index in [2.05, 4.69) is 11.9 Å². The molecule has 1 N–H and O–H groups in total. The fourth-order valence-electron chi connectivity index (χ4n) is 0.484. The Morgan fingerprint density at radius 3 is 2.92 bits per heavy atom. The first-order chi connectivity index (χ1) is 5.70. The van der Waals surface area contributed by atoms with Crippen molar-refractivity contribution in [2.75, 3.05) is 0 Å². The lowest BCUT2D eigenvalue weighted by atomic mass is 10.3. The van der Waals surface area contributed by atoms with Crippen molar-refractivity contribution in [3.63, 3.8) is 0 Å². The van der Waals surface area contributed by atoms with E-state index >= 15 is 0 Å². The second-order valence-corrected chi connectivity index (χ2v) is 2.36. The molecular weight excluding hydrogens is 154 g/mol. The van der Waals surface area contributed by atoms with Crippen LogP contribution in [-0.2, 0) is 4.74 Å². The molecule has 0 aliphatic heterocycles. The fraction of sp³-hybridized carbons (Fsp3) is 0.444. The number of allylic oxidation sites excluding steroid dienone is 2. The van der Waals surface area contributed by atoms with Gasteiger partial charge in [-0.25, -0.2) is 4.79 Å². The van der Waals surface area contributed by atoms with Crippen LogP contribution in [0, 0.1) is 0 Å². The molecule has 0 saturated carbocycles. The first-order valence-electron chi connectivity index (χ1n) is 3.95. The van der Waals surface area contributed by atoms with E-state index in [-0.39, 0.29) is 6.10 Å². The maximum absolute atomic E-state index is 10.9. The molecule has 0 heterocycles. The first kappa shape index (κ1) is 10.8. The average molecular weight is 169 g/mol. The topological polar surface area (TPSA) is 38.3 Å². The van der Waals surface area contributed by atoms with Crippen LogP contribution in [-0.4, -0.2) is 12.2 Å². The second-order valence-electron chi connectivity index (χ2n) is 2.36. The summed E-state index contributed by atoms with van der Waals surface area (Å²) in [6.45, 7) is 7.26. The highest BCUT2D eigenvalue weighted by atomic mass is 16.6. The van der Waals surface area contributed by atoms with Gasteiger partial charge in [-0.15, -0.1) is 0 Å². The van der Waals surface area contributed by atoms with Crippen molar-refractivity contribution in [2.45, 2.75) is 26.4 Å². The number of amides is 1. The lowest BCUT2D eigenvalue weighted by Gasteiger charge is -2.09. The minimum absolute atomic E-state index is 0.0397. The molecular formula is C9H15NO2.